The van der Waals surface area contributed by atoms with Gasteiger partial charge in [-0.2, -0.15) is 5.10 Å². The molecule has 1 aliphatic rings. The maximum atomic E-state index is 13.0. The van der Waals surface area contributed by atoms with Gasteiger partial charge in [-0.15, -0.1) is 11.3 Å². The quantitative estimate of drug-likeness (QED) is 0.415. The maximum absolute atomic E-state index is 13.0. The van der Waals surface area contributed by atoms with Crippen molar-refractivity contribution in [2.45, 2.75) is 38.4 Å². The number of benzene rings is 2. The van der Waals surface area contributed by atoms with Crippen LogP contribution < -0.4 is 0 Å². The van der Waals surface area contributed by atoms with E-state index >= 15 is 0 Å². The van der Waals surface area contributed by atoms with Crippen molar-refractivity contribution in [2.24, 2.45) is 0 Å². The van der Waals surface area contributed by atoms with Gasteiger partial charge in [0.15, 0.2) is 5.69 Å². The summed E-state index contributed by atoms with van der Waals surface area (Å²) in [5, 5.41) is 6.14. The van der Waals surface area contributed by atoms with Crippen molar-refractivity contribution in [1.29, 1.82) is 0 Å². The first-order chi connectivity index (χ1) is 16.0. The first-order valence-corrected chi connectivity index (χ1v) is 12.3. The Bertz CT molecular complexity index is 1240. The summed E-state index contributed by atoms with van der Waals surface area (Å²) < 4.78 is 3.40. The number of hydrogen-bond acceptors (Lipinski definition) is 4. The maximum Gasteiger partial charge on any atom is 0.274 e. The molecule has 6 heteroatoms. The van der Waals surface area contributed by atoms with E-state index in [2.05, 4.69) is 71.2 Å². The van der Waals surface area contributed by atoms with Crippen molar-refractivity contribution in [1.82, 2.24) is 19.6 Å². The van der Waals surface area contributed by atoms with E-state index in [1.807, 2.05) is 17.4 Å². The van der Waals surface area contributed by atoms with Crippen molar-refractivity contribution in [2.75, 3.05) is 21.1 Å². The third-order valence-electron chi connectivity index (χ3n) is 6.61. The van der Waals surface area contributed by atoms with Crippen LogP contribution in [0.15, 0.2) is 60.7 Å². The number of amides is 1. The summed E-state index contributed by atoms with van der Waals surface area (Å²) in [4.78, 5) is 18.5. The predicted molar refractivity (Wildman–Crippen MR) is 135 cm³/mol. The van der Waals surface area contributed by atoms with Crippen molar-refractivity contribution in [3.63, 3.8) is 0 Å². The van der Waals surface area contributed by atoms with Crippen LogP contribution in [0.2, 0.25) is 0 Å². The Kier molecular flexibility index (Phi) is 6.04. The molecule has 4 aromatic rings. The van der Waals surface area contributed by atoms with Crippen LogP contribution >= 0.6 is 11.3 Å². The van der Waals surface area contributed by atoms with E-state index in [-0.39, 0.29) is 5.91 Å². The van der Waals surface area contributed by atoms with E-state index < -0.39 is 0 Å². The normalized spacial score (nSPS) is 15.7. The lowest BCUT2D eigenvalue weighted by atomic mass is 9.90. The number of carbonyl (C=O) groups excluding carboxylic acids is 1. The lowest BCUT2D eigenvalue weighted by Crippen LogP contribution is -2.36. The van der Waals surface area contributed by atoms with Gasteiger partial charge in [-0.1, -0.05) is 48.5 Å². The number of rotatable bonds is 6. The molecule has 0 bridgehead atoms. The Balaban J connectivity index is 1.40. The molecule has 0 spiro atoms. The number of carbonyl (C=O) groups is 1. The predicted octanol–water partition coefficient (Wildman–Crippen LogP) is 4.84. The topological polar surface area (TPSA) is 41.4 Å². The molecule has 0 saturated heterocycles. The number of likely N-dealkylation sites (N-methyl/N-ethyl adjacent to an activating group) is 1. The second kappa shape index (κ2) is 9.12. The molecule has 2 aromatic heterocycles. The Labute approximate surface area is 199 Å². The van der Waals surface area contributed by atoms with Crippen molar-refractivity contribution in [3.8, 4) is 0 Å². The fraction of sp³-hybridized carbons (Fsp3) is 0.333. The largest absolute Gasteiger partial charge is 0.343 e. The van der Waals surface area contributed by atoms with Crippen LogP contribution in [0.1, 0.15) is 38.6 Å². The highest BCUT2D eigenvalue weighted by Gasteiger charge is 2.31. The molecule has 0 saturated carbocycles. The molecule has 1 unspecified atom stereocenters. The van der Waals surface area contributed by atoms with Gasteiger partial charge in [0.05, 0.1) is 6.54 Å². The summed E-state index contributed by atoms with van der Waals surface area (Å²) in [6.07, 6.45) is 2.88. The molecule has 1 aliphatic carbocycles. The molecular formula is C27H30N4OS. The highest BCUT2D eigenvalue weighted by molar-refractivity contribution is 7.19. The number of fused-ring (bicyclic) bond motifs is 2. The van der Waals surface area contributed by atoms with E-state index in [0.29, 0.717) is 18.3 Å². The SMILES string of the molecule is CN(C)C(=O)c1nn(Cc2ccccc2)c2c1CC(N(C)Cc1cc3ccccc3s1)CC2. The molecule has 0 aliphatic heterocycles. The summed E-state index contributed by atoms with van der Waals surface area (Å²) in [6, 6.07) is 21.6. The third kappa shape index (κ3) is 4.45. The zero-order valence-electron chi connectivity index (χ0n) is 19.5. The van der Waals surface area contributed by atoms with E-state index in [1.54, 1.807) is 19.0 Å². The fourth-order valence-corrected chi connectivity index (χ4v) is 5.93. The third-order valence-corrected chi connectivity index (χ3v) is 7.71. The lowest BCUT2D eigenvalue weighted by Gasteiger charge is -2.31. The number of aromatic nitrogens is 2. The molecule has 170 valence electrons. The molecule has 0 radical (unpaired) electrons. The number of hydrogen-bond donors (Lipinski definition) is 0. The summed E-state index contributed by atoms with van der Waals surface area (Å²) in [6.45, 7) is 1.63. The molecule has 0 N–H and O–H groups in total. The minimum absolute atomic E-state index is 0.00845. The first kappa shape index (κ1) is 21.9. The van der Waals surface area contributed by atoms with Crippen LogP contribution in [0.25, 0.3) is 10.1 Å². The number of nitrogens with zero attached hydrogens (tertiary/aromatic N) is 4. The second-order valence-electron chi connectivity index (χ2n) is 9.18. The molecule has 1 atom stereocenters. The highest BCUT2D eigenvalue weighted by Crippen LogP contribution is 2.31. The zero-order chi connectivity index (χ0) is 22.9. The van der Waals surface area contributed by atoms with Gasteiger partial charge in [0.25, 0.3) is 5.91 Å². The van der Waals surface area contributed by atoms with Crippen molar-refractivity contribution in [3.05, 3.63) is 88.1 Å². The van der Waals surface area contributed by atoms with E-state index in [0.717, 1.165) is 31.4 Å². The van der Waals surface area contributed by atoms with E-state index in [4.69, 9.17) is 5.10 Å². The van der Waals surface area contributed by atoms with Gasteiger partial charge < -0.3 is 4.90 Å². The highest BCUT2D eigenvalue weighted by atomic mass is 32.1. The average Bonchev–Trinajstić information content (AvgIpc) is 3.39. The minimum Gasteiger partial charge on any atom is -0.343 e. The van der Waals surface area contributed by atoms with Crippen LogP contribution in [0.3, 0.4) is 0 Å². The van der Waals surface area contributed by atoms with Crippen molar-refractivity contribution < 1.29 is 4.79 Å². The first-order valence-electron chi connectivity index (χ1n) is 11.5. The zero-order valence-corrected chi connectivity index (χ0v) is 20.3. The van der Waals surface area contributed by atoms with Gasteiger partial charge in [-0.05, 0) is 49.4 Å². The van der Waals surface area contributed by atoms with Gasteiger partial charge >= 0.3 is 0 Å². The van der Waals surface area contributed by atoms with E-state index in [9.17, 15) is 4.79 Å². The molecule has 2 aromatic carbocycles. The summed E-state index contributed by atoms with van der Waals surface area (Å²) >= 11 is 1.87. The standard InChI is InChI=1S/C27H30N4OS/c1-29(2)27(32)26-23-16-21(30(3)18-22-15-20-11-7-8-12-25(20)33-22)13-14-24(23)31(28-26)17-19-9-5-4-6-10-19/h4-12,15,21H,13-14,16-18H2,1-3H3. The van der Waals surface area contributed by atoms with Crippen molar-refractivity contribution >= 4 is 27.3 Å². The second-order valence-corrected chi connectivity index (χ2v) is 10.3. The van der Waals surface area contributed by atoms with Crippen LogP contribution in [-0.4, -0.2) is 52.7 Å². The van der Waals surface area contributed by atoms with Crippen LogP contribution in [0.5, 0.6) is 0 Å². The molecular weight excluding hydrogens is 428 g/mol. The van der Waals surface area contributed by atoms with Crippen LogP contribution in [0, 0.1) is 0 Å². The molecule has 5 nitrogen and oxygen atoms in total. The average molecular weight is 459 g/mol. The van der Waals surface area contributed by atoms with Gasteiger partial charge in [0.2, 0.25) is 0 Å². The van der Waals surface area contributed by atoms with Crippen LogP contribution in [-0.2, 0) is 25.9 Å². The fourth-order valence-electron chi connectivity index (χ4n) is 4.81. The van der Waals surface area contributed by atoms with Crippen LogP contribution in [0.4, 0.5) is 0 Å². The Hall–Kier alpha value is -2.96. The minimum atomic E-state index is -0.00845. The van der Waals surface area contributed by atoms with Gasteiger partial charge in [-0.25, -0.2) is 0 Å². The summed E-state index contributed by atoms with van der Waals surface area (Å²) in [5.74, 6) is -0.00845. The van der Waals surface area contributed by atoms with Gasteiger partial charge in [0.1, 0.15) is 0 Å². The van der Waals surface area contributed by atoms with E-state index in [1.165, 1.54) is 26.2 Å². The molecule has 1 amide bonds. The van der Waals surface area contributed by atoms with Gasteiger partial charge in [-0.3, -0.25) is 14.4 Å². The molecule has 33 heavy (non-hydrogen) atoms. The summed E-state index contributed by atoms with van der Waals surface area (Å²) in [7, 11) is 5.82. The smallest absolute Gasteiger partial charge is 0.274 e. The lowest BCUT2D eigenvalue weighted by molar-refractivity contribution is 0.0819. The Morgan fingerprint density at radius 2 is 1.85 bits per heavy atom. The van der Waals surface area contributed by atoms with Gasteiger partial charge in [0, 0.05) is 47.5 Å². The Morgan fingerprint density at radius 3 is 2.61 bits per heavy atom. The monoisotopic (exact) mass is 458 g/mol. The molecule has 2 heterocycles. The number of thiophene rings is 1. The molecule has 0 fully saturated rings. The summed E-state index contributed by atoms with van der Waals surface area (Å²) in [5.41, 5.74) is 4.17. The Morgan fingerprint density at radius 1 is 1.09 bits per heavy atom. The molecule has 5 rings (SSSR count).